The maximum Gasteiger partial charge on any atom is 0.389 e. The molecule has 3 nitrogen and oxygen atoms in total. The smallest absolute Gasteiger partial charge is 0.389 e. The maximum absolute atomic E-state index is 11.3. The summed E-state index contributed by atoms with van der Waals surface area (Å²) in [6.45, 7) is 2.20. The predicted octanol–water partition coefficient (Wildman–Crippen LogP) is 2.80. The van der Waals surface area contributed by atoms with Crippen LogP contribution in [0.15, 0.2) is 12.2 Å². The molecule has 0 radical (unpaired) electrons. The van der Waals surface area contributed by atoms with Crippen LogP contribution in [0.2, 0.25) is 0 Å². The van der Waals surface area contributed by atoms with Crippen molar-refractivity contribution in [2.75, 3.05) is 11.5 Å². The Labute approximate surface area is 122 Å². The number of hydrogen-bond donors (Lipinski definition) is 0. The largest absolute Gasteiger partial charge is 0.748 e. The van der Waals surface area contributed by atoms with Gasteiger partial charge in [0.05, 0.1) is 10.1 Å². The Balaban J connectivity index is 0.000000367. The molecule has 0 aromatic carbocycles. The Morgan fingerprint density at radius 3 is 2.45 bits per heavy atom. The summed E-state index contributed by atoms with van der Waals surface area (Å²) in [6, 6.07) is 0. The molecule has 1 rings (SSSR count). The highest BCUT2D eigenvalue weighted by atomic mass is 32.2. The van der Waals surface area contributed by atoms with Crippen LogP contribution in [0.25, 0.3) is 0 Å². The molecule has 1 atom stereocenters. The highest BCUT2D eigenvalue weighted by Crippen LogP contribution is 2.21. The molecule has 0 spiro atoms. The minimum absolute atomic E-state index is 0.657. The second-order valence-corrected chi connectivity index (χ2v) is 7.43. The van der Waals surface area contributed by atoms with Gasteiger partial charge < -0.3 is 4.55 Å². The number of alkyl halides is 3. The van der Waals surface area contributed by atoms with E-state index in [9.17, 15) is 26.1 Å². The molecule has 0 aromatic rings. The number of hydrogen-bond acceptors (Lipinski definition) is 3. The predicted molar refractivity (Wildman–Crippen MR) is 75.9 cm³/mol. The van der Waals surface area contributed by atoms with E-state index in [-0.39, 0.29) is 0 Å². The van der Waals surface area contributed by atoms with Crippen molar-refractivity contribution in [1.82, 2.24) is 0 Å². The molecular weight excluding hydrogens is 313 g/mol. The first-order valence-electron chi connectivity index (χ1n) is 6.47. The lowest BCUT2D eigenvalue weighted by Crippen LogP contribution is -2.11. The van der Waals surface area contributed by atoms with Crippen molar-refractivity contribution >= 4 is 21.9 Å². The van der Waals surface area contributed by atoms with Gasteiger partial charge in [0.1, 0.15) is 11.0 Å². The van der Waals surface area contributed by atoms with Crippen molar-refractivity contribution in [3.05, 3.63) is 12.2 Å². The van der Waals surface area contributed by atoms with Gasteiger partial charge in [-0.05, 0) is 37.1 Å². The van der Waals surface area contributed by atoms with Crippen molar-refractivity contribution < 1.29 is 26.1 Å². The summed E-state index contributed by atoms with van der Waals surface area (Å²) in [5, 5.41) is 0.907. The van der Waals surface area contributed by atoms with Crippen LogP contribution in [0.3, 0.4) is 0 Å². The van der Waals surface area contributed by atoms with Crippen molar-refractivity contribution in [2.45, 2.75) is 50.5 Å². The molecule has 0 aliphatic carbocycles. The Hall–Kier alpha value is -0.210. The molecule has 0 saturated carbocycles. The Morgan fingerprint density at radius 2 is 2.05 bits per heavy atom. The molecule has 20 heavy (non-hydrogen) atoms. The first-order valence-corrected chi connectivity index (χ1v) is 9.20. The standard InChI is InChI=1S/C8H14S.C4H7F3O3S/c1-2-3-5-8-6-4-7-9-8;5-4(6,7)2-1-3-11(8,9)10/h3,5,8H,2,4,6-7H2,1H3;1-3H2,(H,8,9,10). The molecule has 0 N–H and O–H groups in total. The third-order valence-electron chi connectivity index (χ3n) is 2.47. The molecule has 1 heterocycles. The fourth-order valence-electron chi connectivity index (χ4n) is 1.55. The zero-order valence-electron chi connectivity index (χ0n) is 11.4. The van der Waals surface area contributed by atoms with Gasteiger partial charge in [-0.3, -0.25) is 0 Å². The molecule has 0 amide bonds. The summed E-state index contributed by atoms with van der Waals surface area (Å²) in [6.07, 6.45) is 2.48. The monoisotopic (exact) mass is 334 g/mol. The van der Waals surface area contributed by atoms with Crippen LogP contribution in [0.1, 0.15) is 39.0 Å². The molecule has 1 aliphatic rings. The van der Waals surface area contributed by atoms with Crippen LogP contribution in [0.4, 0.5) is 13.2 Å². The van der Waals surface area contributed by atoms with Gasteiger partial charge in [-0.2, -0.15) is 13.2 Å². The first-order chi connectivity index (χ1) is 9.14. The van der Waals surface area contributed by atoms with Gasteiger partial charge in [0.25, 0.3) is 0 Å². The lowest BCUT2D eigenvalue weighted by Gasteiger charge is -2.07. The molecule has 0 bridgehead atoms. The summed E-state index contributed by atoms with van der Waals surface area (Å²) in [5.41, 5.74) is 0. The highest BCUT2D eigenvalue weighted by Gasteiger charge is 2.26. The lowest BCUT2D eigenvalue weighted by atomic mass is 10.2. The third kappa shape index (κ3) is 14.2. The molecule has 1 fully saturated rings. The second-order valence-electron chi connectivity index (χ2n) is 4.43. The normalized spacial score (nSPS) is 19.9. The zero-order valence-corrected chi connectivity index (χ0v) is 13.1. The van der Waals surface area contributed by atoms with Crippen molar-refractivity contribution in [1.29, 1.82) is 0 Å². The SMILES string of the molecule is CCC=CC1CCC[SH+]1.O=S(=O)([O-])CCCC(F)(F)F. The van der Waals surface area contributed by atoms with E-state index < -0.39 is 34.9 Å². The van der Waals surface area contributed by atoms with E-state index in [4.69, 9.17) is 0 Å². The van der Waals surface area contributed by atoms with Gasteiger partial charge in [0.15, 0.2) is 0 Å². The molecule has 0 aromatic heterocycles. The van der Waals surface area contributed by atoms with Crippen molar-refractivity contribution in [2.24, 2.45) is 0 Å². The van der Waals surface area contributed by atoms with E-state index in [0.29, 0.717) is 0 Å². The highest BCUT2D eigenvalue weighted by molar-refractivity contribution is 7.85. The van der Waals surface area contributed by atoms with Crippen LogP contribution >= 0.6 is 0 Å². The number of rotatable bonds is 5. The topological polar surface area (TPSA) is 57.2 Å². The molecular formula is C12H21F3O3S2. The van der Waals surface area contributed by atoms with Crippen molar-refractivity contribution in [3.63, 3.8) is 0 Å². The summed E-state index contributed by atoms with van der Waals surface area (Å²) >= 11 is 1.66. The first kappa shape index (κ1) is 19.8. The average Bonchev–Trinajstić information content (AvgIpc) is 2.76. The van der Waals surface area contributed by atoms with Crippen LogP contribution < -0.4 is 0 Å². The number of thiol groups is 1. The number of allylic oxidation sites excluding steroid dienone is 1. The lowest BCUT2D eigenvalue weighted by molar-refractivity contribution is -0.134. The van der Waals surface area contributed by atoms with Crippen LogP contribution in [0.5, 0.6) is 0 Å². The third-order valence-corrected chi connectivity index (χ3v) is 4.73. The van der Waals surface area contributed by atoms with E-state index in [0.717, 1.165) is 5.25 Å². The van der Waals surface area contributed by atoms with Crippen LogP contribution in [0, 0.1) is 0 Å². The summed E-state index contributed by atoms with van der Waals surface area (Å²) in [5.74, 6) is 0.477. The minimum atomic E-state index is -4.50. The average molecular weight is 334 g/mol. The minimum Gasteiger partial charge on any atom is -0.748 e. The molecule has 1 aliphatic heterocycles. The fraction of sp³-hybridized carbons (Fsp3) is 0.833. The summed E-state index contributed by atoms with van der Waals surface area (Å²) in [4.78, 5) is 0. The maximum atomic E-state index is 11.3. The van der Waals surface area contributed by atoms with Gasteiger partial charge >= 0.3 is 6.18 Å². The Morgan fingerprint density at radius 1 is 1.40 bits per heavy atom. The molecule has 1 unspecified atom stereocenters. The van der Waals surface area contributed by atoms with Gasteiger partial charge in [-0.15, -0.1) is 0 Å². The zero-order chi connectivity index (χ0) is 15.6. The molecule has 120 valence electrons. The Kier molecular flexibility index (Phi) is 9.58. The van der Waals surface area contributed by atoms with E-state index >= 15 is 0 Å². The van der Waals surface area contributed by atoms with Crippen LogP contribution in [-0.2, 0) is 21.9 Å². The van der Waals surface area contributed by atoms with Crippen LogP contribution in [-0.4, -0.2) is 35.9 Å². The quantitative estimate of drug-likeness (QED) is 0.336. The van der Waals surface area contributed by atoms with E-state index in [1.807, 2.05) is 0 Å². The Bertz CT molecular complexity index is 372. The summed E-state index contributed by atoms with van der Waals surface area (Å²) < 4.78 is 63.4. The van der Waals surface area contributed by atoms with Gasteiger partial charge in [0, 0.05) is 18.6 Å². The van der Waals surface area contributed by atoms with E-state index in [1.165, 1.54) is 25.0 Å². The van der Waals surface area contributed by atoms with E-state index in [2.05, 4.69) is 19.1 Å². The van der Waals surface area contributed by atoms with E-state index in [1.54, 1.807) is 11.8 Å². The number of halogens is 3. The van der Waals surface area contributed by atoms with Crippen molar-refractivity contribution in [3.8, 4) is 0 Å². The van der Waals surface area contributed by atoms with Gasteiger partial charge in [0.2, 0.25) is 0 Å². The van der Waals surface area contributed by atoms with Gasteiger partial charge in [-0.25, -0.2) is 8.42 Å². The summed E-state index contributed by atoms with van der Waals surface area (Å²) in [7, 11) is -4.50. The van der Waals surface area contributed by atoms with Gasteiger partial charge in [-0.1, -0.05) is 13.0 Å². The molecule has 1 saturated heterocycles. The molecule has 8 heteroatoms. The fourth-order valence-corrected chi connectivity index (χ4v) is 3.35. The second kappa shape index (κ2) is 9.68.